The van der Waals surface area contributed by atoms with Crippen LogP contribution in [0.2, 0.25) is 0 Å². The molecule has 2 nitrogen and oxygen atoms in total. The molecule has 1 aromatic rings. The Morgan fingerprint density at radius 2 is 1.74 bits per heavy atom. The normalized spacial score (nSPS) is 15.6. The number of aliphatic hydroxyl groups is 1. The Labute approximate surface area is 111 Å². The molecule has 2 atom stereocenters. The first-order chi connectivity index (χ1) is 8.70. The zero-order valence-corrected chi connectivity index (χ0v) is 11.4. The van der Waals surface area contributed by atoms with Gasteiger partial charge in [0.15, 0.2) is 0 Å². The fraction of sp³-hybridized carbons (Fsp3) is 0.571. The SMILES string of the molecule is Cc1ccc(C(O)C(C)N(C)CCC(F)(F)F)cc1. The molecule has 0 aromatic heterocycles. The van der Waals surface area contributed by atoms with Crippen LogP contribution in [0.5, 0.6) is 0 Å². The van der Waals surface area contributed by atoms with Crippen LogP contribution in [0.3, 0.4) is 0 Å². The van der Waals surface area contributed by atoms with Gasteiger partial charge in [0, 0.05) is 12.6 Å². The Balaban J connectivity index is 2.60. The van der Waals surface area contributed by atoms with Gasteiger partial charge >= 0.3 is 6.18 Å². The van der Waals surface area contributed by atoms with Gasteiger partial charge in [0.25, 0.3) is 0 Å². The van der Waals surface area contributed by atoms with Crippen LogP contribution in [0.25, 0.3) is 0 Å². The molecule has 0 bridgehead atoms. The van der Waals surface area contributed by atoms with E-state index in [0.717, 1.165) is 11.1 Å². The second-order valence-corrected chi connectivity index (χ2v) is 4.94. The first-order valence-electron chi connectivity index (χ1n) is 6.22. The maximum atomic E-state index is 12.2. The van der Waals surface area contributed by atoms with E-state index in [9.17, 15) is 18.3 Å². The average molecular weight is 275 g/mol. The summed E-state index contributed by atoms with van der Waals surface area (Å²) in [6, 6.07) is 6.98. The molecule has 108 valence electrons. The van der Waals surface area contributed by atoms with Crippen LogP contribution >= 0.6 is 0 Å². The number of aryl methyl sites for hydroxylation is 1. The van der Waals surface area contributed by atoms with Gasteiger partial charge in [-0.3, -0.25) is 0 Å². The molecule has 0 aliphatic heterocycles. The molecule has 0 saturated heterocycles. The quantitative estimate of drug-likeness (QED) is 0.891. The summed E-state index contributed by atoms with van der Waals surface area (Å²) in [5.41, 5.74) is 1.80. The number of hydrogen-bond donors (Lipinski definition) is 1. The highest BCUT2D eigenvalue weighted by molar-refractivity contribution is 5.23. The molecule has 0 aliphatic rings. The van der Waals surface area contributed by atoms with Crippen molar-refractivity contribution < 1.29 is 18.3 Å². The fourth-order valence-corrected chi connectivity index (χ4v) is 1.79. The molecule has 1 aromatic carbocycles. The summed E-state index contributed by atoms with van der Waals surface area (Å²) in [4.78, 5) is 1.53. The fourth-order valence-electron chi connectivity index (χ4n) is 1.79. The summed E-state index contributed by atoms with van der Waals surface area (Å²) < 4.78 is 36.5. The van der Waals surface area contributed by atoms with E-state index >= 15 is 0 Å². The van der Waals surface area contributed by atoms with Crippen LogP contribution in [0, 0.1) is 6.92 Å². The molecule has 0 amide bonds. The molecule has 0 radical (unpaired) electrons. The number of aliphatic hydroxyl groups excluding tert-OH is 1. The van der Waals surface area contributed by atoms with Crippen LogP contribution in [-0.2, 0) is 0 Å². The maximum Gasteiger partial charge on any atom is 0.390 e. The van der Waals surface area contributed by atoms with Gasteiger partial charge in [0.2, 0.25) is 0 Å². The van der Waals surface area contributed by atoms with Crippen molar-refractivity contribution in [2.24, 2.45) is 0 Å². The smallest absolute Gasteiger partial charge is 0.387 e. The molecule has 0 spiro atoms. The van der Waals surface area contributed by atoms with E-state index in [1.54, 1.807) is 26.1 Å². The minimum atomic E-state index is -4.16. The van der Waals surface area contributed by atoms with Crippen LogP contribution in [0.1, 0.15) is 30.6 Å². The van der Waals surface area contributed by atoms with Crippen LogP contribution in [0.15, 0.2) is 24.3 Å². The van der Waals surface area contributed by atoms with Gasteiger partial charge in [-0.25, -0.2) is 0 Å². The van der Waals surface area contributed by atoms with Gasteiger partial charge in [-0.2, -0.15) is 13.2 Å². The summed E-state index contributed by atoms with van der Waals surface area (Å²) in [5, 5.41) is 10.2. The number of benzene rings is 1. The molecule has 19 heavy (non-hydrogen) atoms. The average Bonchev–Trinajstić information content (AvgIpc) is 2.34. The van der Waals surface area contributed by atoms with E-state index in [2.05, 4.69) is 0 Å². The predicted octanol–water partition coefficient (Wildman–Crippen LogP) is 3.30. The van der Waals surface area contributed by atoms with Crippen LogP contribution in [0.4, 0.5) is 13.2 Å². The second kappa shape index (κ2) is 6.39. The Bertz CT molecular complexity index is 389. The third kappa shape index (κ3) is 5.20. The van der Waals surface area contributed by atoms with E-state index in [4.69, 9.17) is 0 Å². The van der Waals surface area contributed by atoms with Crippen molar-refractivity contribution in [3.63, 3.8) is 0 Å². The number of hydrogen-bond acceptors (Lipinski definition) is 2. The standard InChI is InChI=1S/C14H20F3NO/c1-10-4-6-12(7-5-10)13(19)11(2)18(3)9-8-14(15,16)17/h4-7,11,13,19H,8-9H2,1-3H3. The summed E-state index contributed by atoms with van der Waals surface area (Å²) in [6.07, 6.45) is -5.82. The molecule has 1 N–H and O–H groups in total. The van der Waals surface area contributed by atoms with Gasteiger partial charge < -0.3 is 10.0 Å². The van der Waals surface area contributed by atoms with Crippen LogP contribution in [-0.4, -0.2) is 35.8 Å². The van der Waals surface area contributed by atoms with E-state index in [1.807, 2.05) is 19.1 Å². The zero-order valence-electron chi connectivity index (χ0n) is 11.4. The molecule has 0 aliphatic carbocycles. The van der Waals surface area contributed by atoms with Crippen molar-refractivity contribution in [3.8, 4) is 0 Å². The summed E-state index contributed by atoms with van der Waals surface area (Å²) in [5.74, 6) is 0. The first kappa shape index (κ1) is 16.0. The molecule has 5 heteroatoms. The van der Waals surface area contributed by atoms with Gasteiger partial charge in [-0.15, -0.1) is 0 Å². The van der Waals surface area contributed by atoms with Gasteiger partial charge in [0.05, 0.1) is 12.5 Å². The predicted molar refractivity (Wildman–Crippen MR) is 68.9 cm³/mol. The van der Waals surface area contributed by atoms with Gasteiger partial charge in [-0.1, -0.05) is 29.8 Å². The van der Waals surface area contributed by atoms with E-state index in [1.165, 1.54) is 4.90 Å². The Morgan fingerprint density at radius 1 is 1.21 bits per heavy atom. The lowest BCUT2D eigenvalue weighted by Gasteiger charge is -2.29. The minimum absolute atomic E-state index is 0.117. The van der Waals surface area contributed by atoms with E-state index < -0.39 is 18.7 Å². The number of alkyl halides is 3. The summed E-state index contributed by atoms with van der Waals surface area (Å²) in [7, 11) is 1.59. The second-order valence-electron chi connectivity index (χ2n) is 4.94. The summed E-state index contributed by atoms with van der Waals surface area (Å²) in [6.45, 7) is 3.55. The van der Waals surface area contributed by atoms with E-state index in [-0.39, 0.29) is 12.6 Å². The van der Waals surface area contributed by atoms with Crippen molar-refractivity contribution in [3.05, 3.63) is 35.4 Å². The lowest BCUT2D eigenvalue weighted by molar-refractivity contribution is -0.139. The highest BCUT2D eigenvalue weighted by Gasteiger charge is 2.29. The van der Waals surface area contributed by atoms with Crippen molar-refractivity contribution >= 4 is 0 Å². The van der Waals surface area contributed by atoms with E-state index in [0.29, 0.717) is 0 Å². The number of rotatable bonds is 5. The maximum absolute atomic E-state index is 12.2. The highest BCUT2D eigenvalue weighted by Crippen LogP contribution is 2.23. The van der Waals surface area contributed by atoms with Gasteiger partial charge in [-0.05, 0) is 26.5 Å². The van der Waals surface area contributed by atoms with Crippen molar-refractivity contribution in [1.82, 2.24) is 4.90 Å². The molecule has 1 rings (SSSR count). The van der Waals surface area contributed by atoms with Crippen LogP contribution < -0.4 is 0 Å². The molecule has 0 heterocycles. The van der Waals surface area contributed by atoms with Gasteiger partial charge in [0.1, 0.15) is 0 Å². The molecule has 2 unspecified atom stereocenters. The highest BCUT2D eigenvalue weighted by atomic mass is 19.4. The largest absolute Gasteiger partial charge is 0.390 e. The molecule has 0 fully saturated rings. The molecular formula is C14H20F3NO. The monoisotopic (exact) mass is 275 g/mol. The molecular weight excluding hydrogens is 255 g/mol. The minimum Gasteiger partial charge on any atom is -0.387 e. The lowest BCUT2D eigenvalue weighted by atomic mass is 10.0. The lowest BCUT2D eigenvalue weighted by Crippen LogP contribution is -2.36. The van der Waals surface area contributed by atoms with Crippen molar-refractivity contribution in [1.29, 1.82) is 0 Å². The third-order valence-corrected chi connectivity index (χ3v) is 3.32. The number of halogens is 3. The topological polar surface area (TPSA) is 23.5 Å². The van der Waals surface area contributed by atoms with Crippen molar-refractivity contribution in [2.75, 3.05) is 13.6 Å². The van der Waals surface area contributed by atoms with Crippen molar-refractivity contribution in [2.45, 2.75) is 38.6 Å². The Kier molecular flexibility index (Phi) is 5.38. The first-order valence-corrected chi connectivity index (χ1v) is 6.22. The molecule has 0 saturated carbocycles. The summed E-state index contributed by atoms with van der Waals surface area (Å²) >= 11 is 0. The Hall–Kier alpha value is -1.07. The Morgan fingerprint density at radius 3 is 2.21 bits per heavy atom. The number of nitrogens with zero attached hydrogens (tertiary/aromatic N) is 1. The zero-order chi connectivity index (χ0) is 14.6. The number of likely N-dealkylation sites (N-methyl/N-ethyl adjacent to an activating group) is 1. The third-order valence-electron chi connectivity index (χ3n) is 3.32.